The third-order valence-electron chi connectivity index (χ3n) is 5.69. The van der Waals surface area contributed by atoms with Crippen LogP contribution in [0.1, 0.15) is 32.3 Å². The molecule has 0 spiro atoms. The van der Waals surface area contributed by atoms with E-state index in [1.807, 2.05) is 19.1 Å². The topological polar surface area (TPSA) is 71.4 Å². The Morgan fingerprint density at radius 1 is 1.17 bits per heavy atom. The summed E-state index contributed by atoms with van der Waals surface area (Å²) in [6.07, 6.45) is 2.49. The number of thiazole rings is 1. The number of nitrogens with one attached hydrogen (secondary N) is 1. The van der Waals surface area contributed by atoms with Crippen LogP contribution in [-0.2, 0) is 23.1 Å². The van der Waals surface area contributed by atoms with E-state index in [-0.39, 0.29) is 16.3 Å². The molecule has 8 heteroatoms. The van der Waals surface area contributed by atoms with E-state index in [0.717, 1.165) is 35.5 Å². The second kappa shape index (κ2) is 8.53. The summed E-state index contributed by atoms with van der Waals surface area (Å²) in [6.45, 7) is 7.11. The fraction of sp³-hybridized carbons (Fsp3) is 0.409. The van der Waals surface area contributed by atoms with Crippen LogP contribution in [0.15, 0.2) is 52.2 Å². The fourth-order valence-electron chi connectivity index (χ4n) is 4.02. The van der Waals surface area contributed by atoms with E-state index in [0.29, 0.717) is 17.2 Å². The largest absolute Gasteiger partial charge is 0.371 e. The lowest BCUT2D eigenvalue weighted by atomic mass is 9.99. The molecule has 2 heterocycles. The zero-order valence-corrected chi connectivity index (χ0v) is 18.9. The predicted molar refractivity (Wildman–Crippen MR) is 123 cm³/mol. The lowest BCUT2D eigenvalue weighted by Crippen LogP contribution is -2.34. The van der Waals surface area contributed by atoms with Crippen molar-refractivity contribution in [3.63, 3.8) is 0 Å². The molecule has 0 aliphatic carbocycles. The third kappa shape index (κ3) is 4.31. The van der Waals surface area contributed by atoms with Gasteiger partial charge in [0.1, 0.15) is 0 Å². The number of benzene rings is 2. The van der Waals surface area contributed by atoms with Crippen molar-refractivity contribution in [2.75, 3.05) is 18.0 Å². The van der Waals surface area contributed by atoms with Crippen LogP contribution in [0.5, 0.6) is 0 Å². The van der Waals surface area contributed by atoms with E-state index in [2.05, 4.69) is 28.7 Å². The number of hydrogen-bond acceptors (Lipinski definition) is 5. The molecule has 30 heavy (non-hydrogen) atoms. The summed E-state index contributed by atoms with van der Waals surface area (Å²) in [5, 5.41) is 0. The number of aromatic nitrogens is 1. The normalized spacial score (nSPS) is 17.5. The molecule has 3 aromatic rings. The average molecular weight is 446 g/mol. The standard InChI is InChI=1S/C22H27N3O3S2/c1-3-25-20-11-10-19(13-21(20)29-22(25)26)30(27,28)23-14-17-6-8-18(9-7-17)24-12-4-5-16(2)15-24/h6-11,13,16,23H,3-5,12,14-15H2,1-2H3/t16-/m0/s1. The van der Waals surface area contributed by atoms with Gasteiger partial charge in [-0.1, -0.05) is 30.4 Å². The molecule has 0 bridgehead atoms. The molecule has 0 unspecified atom stereocenters. The van der Waals surface area contributed by atoms with Gasteiger partial charge in [-0.3, -0.25) is 9.36 Å². The maximum atomic E-state index is 12.8. The molecule has 1 N–H and O–H groups in total. The Morgan fingerprint density at radius 3 is 2.63 bits per heavy atom. The third-order valence-corrected chi connectivity index (χ3v) is 8.03. The van der Waals surface area contributed by atoms with E-state index in [1.54, 1.807) is 22.8 Å². The number of aryl methyl sites for hydroxylation is 1. The lowest BCUT2D eigenvalue weighted by molar-refractivity contribution is 0.447. The molecule has 2 aromatic carbocycles. The number of fused-ring (bicyclic) bond motifs is 1. The molecule has 1 aliphatic heterocycles. The zero-order chi connectivity index (χ0) is 21.3. The number of rotatable bonds is 6. The van der Waals surface area contributed by atoms with Gasteiger partial charge in [0.25, 0.3) is 0 Å². The van der Waals surface area contributed by atoms with Gasteiger partial charge in [0, 0.05) is 31.9 Å². The summed E-state index contributed by atoms with van der Waals surface area (Å²) in [6, 6.07) is 12.9. The Kier molecular flexibility index (Phi) is 5.99. The lowest BCUT2D eigenvalue weighted by Gasteiger charge is -2.32. The van der Waals surface area contributed by atoms with E-state index in [4.69, 9.17) is 0 Å². The molecule has 1 aliphatic rings. The van der Waals surface area contributed by atoms with Crippen molar-refractivity contribution in [1.29, 1.82) is 0 Å². The Bertz CT molecular complexity index is 1200. The van der Waals surface area contributed by atoms with Crippen LogP contribution in [0.4, 0.5) is 5.69 Å². The highest BCUT2D eigenvalue weighted by molar-refractivity contribution is 7.89. The van der Waals surface area contributed by atoms with Crippen LogP contribution in [0.3, 0.4) is 0 Å². The molecule has 1 aromatic heterocycles. The highest BCUT2D eigenvalue weighted by atomic mass is 32.2. The van der Waals surface area contributed by atoms with Gasteiger partial charge in [0.2, 0.25) is 10.0 Å². The summed E-state index contributed by atoms with van der Waals surface area (Å²) in [7, 11) is -3.66. The van der Waals surface area contributed by atoms with Crippen molar-refractivity contribution in [3.8, 4) is 0 Å². The van der Waals surface area contributed by atoms with Crippen molar-refractivity contribution in [2.24, 2.45) is 5.92 Å². The molecule has 1 fully saturated rings. The van der Waals surface area contributed by atoms with Crippen molar-refractivity contribution < 1.29 is 8.42 Å². The van der Waals surface area contributed by atoms with Crippen LogP contribution in [0.25, 0.3) is 10.2 Å². The van der Waals surface area contributed by atoms with Gasteiger partial charge in [0.15, 0.2) is 0 Å². The number of piperidine rings is 1. The highest BCUT2D eigenvalue weighted by Crippen LogP contribution is 2.24. The Hall–Kier alpha value is -2.16. The second-order valence-corrected chi connectivity index (χ2v) is 10.7. The summed E-state index contributed by atoms with van der Waals surface area (Å²) in [5.74, 6) is 0.704. The Morgan fingerprint density at radius 2 is 1.93 bits per heavy atom. The summed E-state index contributed by atoms with van der Waals surface area (Å²) in [4.78, 5) is 14.5. The minimum Gasteiger partial charge on any atom is -0.371 e. The van der Waals surface area contributed by atoms with Crippen molar-refractivity contribution in [3.05, 3.63) is 57.7 Å². The summed E-state index contributed by atoms with van der Waals surface area (Å²) < 4.78 is 30.5. The van der Waals surface area contributed by atoms with E-state index >= 15 is 0 Å². The summed E-state index contributed by atoms with van der Waals surface area (Å²) >= 11 is 1.07. The minimum atomic E-state index is -3.66. The van der Waals surface area contributed by atoms with Gasteiger partial charge >= 0.3 is 4.87 Å². The maximum Gasteiger partial charge on any atom is 0.308 e. The first-order valence-electron chi connectivity index (χ1n) is 10.3. The van der Waals surface area contributed by atoms with Crippen LogP contribution in [0, 0.1) is 5.92 Å². The van der Waals surface area contributed by atoms with Gasteiger partial charge in [-0.25, -0.2) is 13.1 Å². The second-order valence-electron chi connectivity index (χ2n) is 7.93. The smallest absolute Gasteiger partial charge is 0.308 e. The number of nitrogens with zero attached hydrogens (tertiary/aromatic N) is 2. The van der Waals surface area contributed by atoms with Gasteiger partial charge < -0.3 is 4.90 Å². The molecular formula is C22H27N3O3S2. The molecular weight excluding hydrogens is 418 g/mol. The van der Waals surface area contributed by atoms with Crippen LogP contribution in [0.2, 0.25) is 0 Å². The first-order chi connectivity index (χ1) is 14.4. The van der Waals surface area contributed by atoms with Crippen molar-refractivity contribution in [2.45, 2.75) is 44.7 Å². The van der Waals surface area contributed by atoms with E-state index in [9.17, 15) is 13.2 Å². The van der Waals surface area contributed by atoms with Crippen molar-refractivity contribution >= 4 is 37.3 Å². The molecule has 0 radical (unpaired) electrons. The SMILES string of the molecule is CCn1c(=O)sc2cc(S(=O)(=O)NCc3ccc(N4CCC[C@H](C)C4)cc3)ccc21. The maximum absolute atomic E-state index is 12.8. The fourth-order valence-corrected chi connectivity index (χ4v) is 6.14. The van der Waals surface area contributed by atoms with Crippen LogP contribution in [-0.4, -0.2) is 26.1 Å². The molecule has 4 rings (SSSR count). The summed E-state index contributed by atoms with van der Waals surface area (Å²) in [5.41, 5.74) is 2.87. The molecule has 1 atom stereocenters. The first kappa shape index (κ1) is 21.1. The predicted octanol–water partition coefficient (Wildman–Crippen LogP) is 3.80. The van der Waals surface area contributed by atoms with E-state index in [1.165, 1.54) is 18.5 Å². The van der Waals surface area contributed by atoms with Gasteiger partial charge in [-0.2, -0.15) is 0 Å². The Balaban J connectivity index is 1.46. The quantitative estimate of drug-likeness (QED) is 0.627. The molecule has 0 saturated carbocycles. The average Bonchev–Trinajstić information content (AvgIpc) is 3.06. The zero-order valence-electron chi connectivity index (χ0n) is 17.3. The highest BCUT2D eigenvalue weighted by Gasteiger charge is 2.18. The van der Waals surface area contributed by atoms with Crippen molar-refractivity contribution in [1.82, 2.24) is 9.29 Å². The van der Waals surface area contributed by atoms with Crippen LogP contribution < -0.4 is 14.5 Å². The molecule has 6 nitrogen and oxygen atoms in total. The van der Waals surface area contributed by atoms with Gasteiger partial charge in [0.05, 0.1) is 15.1 Å². The Labute approximate surface area is 181 Å². The molecule has 0 amide bonds. The monoisotopic (exact) mass is 445 g/mol. The minimum absolute atomic E-state index is 0.0711. The number of hydrogen-bond donors (Lipinski definition) is 1. The number of anilines is 1. The number of sulfonamides is 1. The molecule has 160 valence electrons. The van der Waals surface area contributed by atoms with E-state index < -0.39 is 10.0 Å². The molecule has 1 saturated heterocycles. The van der Waals surface area contributed by atoms with Crippen LogP contribution >= 0.6 is 11.3 Å². The van der Waals surface area contributed by atoms with Gasteiger partial charge in [-0.15, -0.1) is 0 Å². The van der Waals surface area contributed by atoms with Gasteiger partial charge in [-0.05, 0) is 61.6 Å². The first-order valence-corrected chi connectivity index (χ1v) is 12.6.